The molecule has 8 nitrogen and oxygen atoms in total. The van der Waals surface area contributed by atoms with Crippen LogP contribution >= 0.6 is 0 Å². The zero-order valence-electron chi connectivity index (χ0n) is 11.2. The van der Waals surface area contributed by atoms with Gasteiger partial charge in [-0.05, 0) is 13.8 Å². The van der Waals surface area contributed by atoms with Crippen LogP contribution in [0.15, 0.2) is 16.8 Å². The van der Waals surface area contributed by atoms with Gasteiger partial charge in [-0.1, -0.05) is 0 Å². The average molecular weight is 278 g/mol. The zero-order chi connectivity index (χ0) is 14.9. The minimum absolute atomic E-state index is 0.0666. The fourth-order valence-electron chi connectivity index (χ4n) is 1.59. The summed E-state index contributed by atoms with van der Waals surface area (Å²) in [7, 11) is 1.75. The van der Waals surface area contributed by atoms with E-state index in [1.807, 2.05) is 0 Å². The minimum Gasteiger partial charge on any atom is -0.480 e. The molecule has 0 bridgehead atoms. The van der Waals surface area contributed by atoms with Crippen LogP contribution in [0.4, 0.5) is 0 Å². The average Bonchev–Trinajstić information content (AvgIpc) is 2.95. The second-order valence-corrected chi connectivity index (χ2v) is 4.36. The van der Waals surface area contributed by atoms with Crippen molar-refractivity contribution in [2.24, 2.45) is 7.05 Å². The van der Waals surface area contributed by atoms with Crippen LogP contribution in [0, 0.1) is 6.92 Å². The fraction of sp³-hybridized carbons (Fsp3) is 0.333. The Kier molecular flexibility index (Phi) is 3.55. The summed E-state index contributed by atoms with van der Waals surface area (Å²) >= 11 is 0. The van der Waals surface area contributed by atoms with Crippen LogP contribution in [0.3, 0.4) is 0 Å². The van der Waals surface area contributed by atoms with Crippen molar-refractivity contribution in [3.8, 4) is 11.5 Å². The van der Waals surface area contributed by atoms with Gasteiger partial charge < -0.3 is 14.8 Å². The molecule has 1 atom stereocenters. The molecule has 2 aromatic rings. The zero-order valence-corrected chi connectivity index (χ0v) is 11.2. The lowest BCUT2D eigenvalue weighted by molar-refractivity contribution is -0.138. The van der Waals surface area contributed by atoms with E-state index in [-0.39, 0.29) is 11.6 Å². The van der Waals surface area contributed by atoms with Crippen LogP contribution in [-0.4, -0.2) is 37.8 Å². The molecule has 0 aromatic carbocycles. The highest BCUT2D eigenvalue weighted by Gasteiger charge is 2.22. The maximum absolute atomic E-state index is 11.9. The van der Waals surface area contributed by atoms with Gasteiger partial charge in [0.05, 0.1) is 11.8 Å². The number of aryl methyl sites for hydroxylation is 2. The van der Waals surface area contributed by atoms with Crippen molar-refractivity contribution in [3.63, 3.8) is 0 Å². The Morgan fingerprint density at radius 1 is 1.50 bits per heavy atom. The van der Waals surface area contributed by atoms with Crippen molar-refractivity contribution >= 4 is 11.9 Å². The summed E-state index contributed by atoms with van der Waals surface area (Å²) in [5, 5.41) is 15.1. The molecule has 2 N–H and O–H groups in total. The molecule has 0 fully saturated rings. The van der Waals surface area contributed by atoms with E-state index in [0.29, 0.717) is 11.3 Å². The first-order chi connectivity index (χ1) is 9.38. The molecule has 8 heteroatoms. The number of aliphatic carboxylic acids is 1. The van der Waals surface area contributed by atoms with Gasteiger partial charge in [0.1, 0.15) is 11.8 Å². The number of aromatic nitrogens is 3. The van der Waals surface area contributed by atoms with Crippen LogP contribution < -0.4 is 5.32 Å². The maximum Gasteiger partial charge on any atom is 0.325 e. The Bertz CT molecular complexity index is 658. The summed E-state index contributed by atoms with van der Waals surface area (Å²) in [4.78, 5) is 26.7. The number of hydrogen-bond donors (Lipinski definition) is 2. The highest BCUT2D eigenvalue weighted by atomic mass is 16.4. The second kappa shape index (κ2) is 5.16. The van der Waals surface area contributed by atoms with Gasteiger partial charge in [-0.25, -0.2) is 4.98 Å². The van der Waals surface area contributed by atoms with Gasteiger partial charge in [-0.15, -0.1) is 0 Å². The fourth-order valence-corrected chi connectivity index (χ4v) is 1.59. The third-order valence-electron chi connectivity index (χ3n) is 2.68. The molecular weight excluding hydrogens is 264 g/mol. The largest absolute Gasteiger partial charge is 0.480 e. The van der Waals surface area contributed by atoms with Crippen LogP contribution in [-0.2, 0) is 11.8 Å². The maximum atomic E-state index is 11.9. The van der Waals surface area contributed by atoms with Gasteiger partial charge in [0.2, 0.25) is 5.89 Å². The summed E-state index contributed by atoms with van der Waals surface area (Å²) in [6.07, 6.45) is 3.26. The van der Waals surface area contributed by atoms with Crippen molar-refractivity contribution in [2.75, 3.05) is 0 Å². The summed E-state index contributed by atoms with van der Waals surface area (Å²) < 4.78 is 6.99. The smallest absolute Gasteiger partial charge is 0.325 e. The summed E-state index contributed by atoms with van der Waals surface area (Å²) in [6.45, 7) is 2.96. The Labute approximate surface area is 114 Å². The van der Waals surface area contributed by atoms with Gasteiger partial charge in [-0.3, -0.25) is 14.3 Å². The number of carboxylic acid groups (broad SMARTS) is 1. The van der Waals surface area contributed by atoms with Crippen LogP contribution in [0.1, 0.15) is 23.2 Å². The molecule has 1 amide bonds. The third kappa shape index (κ3) is 2.68. The summed E-state index contributed by atoms with van der Waals surface area (Å²) in [5.41, 5.74) is 0.706. The molecule has 0 saturated heterocycles. The highest BCUT2D eigenvalue weighted by Crippen LogP contribution is 2.20. The number of carbonyl (C=O) groups excluding carboxylic acids is 1. The Morgan fingerprint density at radius 2 is 2.20 bits per heavy atom. The predicted molar refractivity (Wildman–Crippen MR) is 68.0 cm³/mol. The summed E-state index contributed by atoms with van der Waals surface area (Å²) in [6, 6.07) is -1.000. The SMILES string of the molecule is Cc1oc(-c2cnn(C)c2)nc1C(=O)N[C@@H](C)C(=O)O. The molecule has 2 aromatic heterocycles. The molecule has 0 unspecified atom stereocenters. The molecule has 106 valence electrons. The molecule has 2 rings (SSSR count). The number of rotatable bonds is 4. The Morgan fingerprint density at radius 3 is 2.75 bits per heavy atom. The van der Waals surface area contributed by atoms with Crippen LogP contribution in [0.25, 0.3) is 11.5 Å². The Balaban J connectivity index is 2.23. The van der Waals surface area contributed by atoms with Gasteiger partial charge in [-0.2, -0.15) is 5.10 Å². The summed E-state index contributed by atoms with van der Waals surface area (Å²) in [5.74, 6) is -1.12. The quantitative estimate of drug-likeness (QED) is 0.846. The molecule has 0 aliphatic carbocycles. The first-order valence-electron chi connectivity index (χ1n) is 5.88. The normalized spacial score (nSPS) is 12.2. The number of carboxylic acids is 1. The van der Waals surface area contributed by atoms with Gasteiger partial charge in [0.15, 0.2) is 5.69 Å². The number of oxazole rings is 1. The minimum atomic E-state index is -1.12. The van der Waals surface area contributed by atoms with E-state index in [1.54, 1.807) is 31.0 Å². The van der Waals surface area contributed by atoms with E-state index in [4.69, 9.17) is 9.52 Å². The highest BCUT2D eigenvalue weighted by molar-refractivity contribution is 5.96. The molecule has 2 heterocycles. The van der Waals surface area contributed by atoms with Crippen LogP contribution in [0.2, 0.25) is 0 Å². The number of hydrogen-bond acceptors (Lipinski definition) is 5. The molecule has 0 aliphatic rings. The Hall–Kier alpha value is -2.64. The van der Waals surface area contributed by atoms with E-state index in [1.165, 1.54) is 6.92 Å². The molecular formula is C12H14N4O4. The molecule has 0 aliphatic heterocycles. The number of carbonyl (C=O) groups is 2. The molecule has 20 heavy (non-hydrogen) atoms. The van der Waals surface area contributed by atoms with E-state index < -0.39 is 17.9 Å². The first kappa shape index (κ1) is 13.8. The first-order valence-corrected chi connectivity index (χ1v) is 5.88. The predicted octanol–water partition coefficient (Wildman–Crippen LogP) is 0.586. The van der Waals surface area contributed by atoms with E-state index in [2.05, 4.69) is 15.4 Å². The molecule has 0 radical (unpaired) electrons. The molecule has 0 spiro atoms. The van der Waals surface area contributed by atoms with Gasteiger partial charge >= 0.3 is 5.97 Å². The number of nitrogens with zero attached hydrogens (tertiary/aromatic N) is 3. The lowest BCUT2D eigenvalue weighted by atomic mass is 10.3. The van der Waals surface area contributed by atoms with Gasteiger partial charge in [0, 0.05) is 13.2 Å². The number of amides is 1. The van der Waals surface area contributed by atoms with E-state index in [9.17, 15) is 9.59 Å². The van der Waals surface area contributed by atoms with Crippen LogP contribution in [0.5, 0.6) is 0 Å². The monoisotopic (exact) mass is 278 g/mol. The number of nitrogens with one attached hydrogen (secondary N) is 1. The van der Waals surface area contributed by atoms with E-state index >= 15 is 0 Å². The lowest BCUT2D eigenvalue weighted by Gasteiger charge is -2.07. The van der Waals surface area contributed by atoms with Crippen molar-refractivity contribution in [1.29, 1.82) is 0 Å². The third-order valence-corrected chi connectivity index (χ3v) is 2.68. The van der Waals surface area contributed by atoms with Gasteiger partial charge in [0.25, 0.3) is 5.91 Å². The standard InChI is InChI=1S/C12H14N4O4/c1-6(12(18)19)14-10(17)9-7(2)20-11(15-9)8-4-13-16(3)5-8/h4-6H,1-3H3,(H,14,17)(H,18,19)/t6-/m0/s1. The van der Waals surface area contributed by atoms with Crippen molar-refractivity contribution in [1.82, 2.24) is 20.1 Å². The second-order valence-electron chi connectivity index (χ2n) is 4.36. The topological polar surface area (TPSA) is 110 Å². The van der Waals surface area contributed by atoms with Crippen molar-refractivity contribution in [3.05, 3.63) is 23.8 Å². The lowest BCUT2D eigenvalue weighted by Crippen LogP contribution is -2.38. The van der Waals surface area contributed by atoms with E-state index in [0.717, 1.165) is 0 Å². The molecule has 0 saturated carbocycles. The van der Waals surface area contributed by atoms with Crippen molar-refractivity contribution < 1.29 is 19.1 Å². The van der Waals surface area contributed by atoms with Crippen molar-refractivity contribution in [2.45, 2.75) is 19.9 Å².